The van der Waals surface area contributed by atoms with E-state index >= 15 is 0 Å². The van der Waals surface area contributed by atoms with Gasteiger partial charge in [0.15, 0.2) is 0 Å². The van der Waals surface area contributed by atoms with Gasteiger partial charge in [0.1, 0.15) is 0 Å². The molecule has 0 aromatic carbocycles. The molecule has 0 N–H and O–H groups in total. The first-order valence-electron chi connectivity index (χ1n) is 8.70. The number of rotatable bonds is 0. The van der Waals surface area contributed by atoms with Crippen molar-refractivity contribution in [3.8, 4) is 0 Å². The SMILES string of the molecule is CC1CC(C)CC2(C)CC(C)CC(C)CC(C)(C1)C2. The normalized spacial score (nSPS) is 52.7. The summed E-state index contributed by atoms with van der Waals surface area (Å²) in [4.78, 5) is 0. The van der Waals surface area contributed by atoms with Crippen LogP contribution in [0, 0.1) is 34.5 Å². The largest absolute Gasteiger partial charge is 0.0625 e. The summed E-state index contributed by atoms with van der Waals surface area (Å²) in [7, 11) is 0. The monoisotopic (exact) mass is 264 g/mol. The molecule has 0 heteroatoms. The summed E-state index contributed by atoms with van der Waals surface area (Å²) >= 11 is 0. The van der Waals surface area contributed by atoms with Crippen molar-refractivity contribution < 1.29 is 0 Å². The Bertz CT molecular complexity index is 253. The third kappa shape index (κ3) is 3.99. The minimum atomic E-state index is 0.605. The van der Waals surface area contributed by atoms with E-state index in [1.165, 1.54) is 44.9 Å². The number of hydrogen-bond donors (Lipinski definition) is 0. The van der Waals surface area contributed by atoms with Crippen LogP contribution in [0.25, 0.3) is 0 Å². The second-order valence-corrected chi connectivity index (χ2v) is 9.51. The molecule has 0 nitrogen and oxygen atoms in total. The zero-order valence-corrected chi connectivity index (χ0v) is 14.3. The molecule has 2 rings (SSSR count). The highest BCUT2D eigenvalue weighted by Crippen LogP contribution is 2.54. The van der Waals surface area contributed by atoms with Gasteiger partial charge in [0, 0.05) is 0 Å². The third-order valence-corrected chi connectivity index (χ3v) is 5.83. The maximum absolute atomic E-state index is 2.60. The summed E-state index contributed by atoms with van der Waals surface area (Å²) in [6, 6.07) is 0. The molecule has 4 atom stereocenters. The van der Waals surface area contributed by atoms with E-state index in [1.807, 2.05) is 0 Å². The fraction of sp³-hybridized carbons (Fsp3) is 1.00. The lowest BCUT2D eigenvalue weighted by atomic mass is 9.56. The molecule has 4 unspecified atom stereocenters. The molecule has 0 aliphatic heterocycles. The summed E-state index contributed by atoms with van der Waals surface area (Å²) in [5.41, 5.74) is 1.21. The van der Waals surface area contributed by atoms with E-state index in [0.29, 0.717) is 10.8 Å². The van der Waals surface area contributed by atoms with Gasteiger partial charge < -0.3 is 0 Å². The van der Waals surface area contributed by atoms with Crippen molar-refractivity contribution in [2.24, 2.45) is 34.5 Å². The third-order valence-electron chi connectivity index (χ3n) is 5.83. The minimum Gasteiger partial charge on any atom is -0.0625 e. The lowest BCUT2D eigenvalue weighted by molar-refractivity contribution is 0.0202. The predicted octanol–water partition coefficient (Wildman–Crippen LogP) is 6.30. The molecule has 2 saturated carbocycles. The molecule has 112 valence electrons. The minimum absolute atomic E-state index is 0.605. The van der Waals surface area contributed by atoms with Gasteiger partial charge >= 0.3 is 0 Å². The standard InChI is InChI=1S/C19H36/c1-14-7-15(2)10-19(6)12-17(4)8-16(3)11-18(5,9-14)13-19/h14-17H,7-13H2,1-6H3. The highest BCUT2D eigenvalue weighted by molar-refractivity contribution is 4.93. The van der Waals surface area contributed by atoms with Gasteiger partial charge in [-0.15, -0.1) is 0 Å². The molecule has 19 heavy (non-hydrogen) atoms. The summed E-state index contributed by atoms with van der Waals surface area (Å²) in [5.74, 6) is 3.70. The van der Waals surface area contributed by atoms with Gasteiger partial charge in [-0.25, -0.2) is 0 Å². The number of hydrogen-bond acceptors (Lipinski definition) is 0. The first kappa shape index (κ1) is 15.4. The smallest absolute Gasteiger partial charge is 0.0316 e. The van der Waals surface area contributed by atoms with E-state index in [1.54, 1.807) is 0 Å². The van der Waals surface area contributed by atoms with Crippen LogP contribution in [0.1, 0.15) is 86.5 Å². The molecule has 2 bridgehead atoms. The Kier molecular flexibility index (Phi) is 4.38. The summed E-state index contributed by atoms with van der Waals surface area (Å²) in [6.07, 6.45) is 10.2. The Hall–Kier alpha value is 0. The summed E-state index contributed by atoms with van der Waals surface area (Å²) in [6.45, 7) is 15.2. The second kappa shape index (κ2) is 5.41. The molecule has 0 spiro atoms. The van der Waals surface area contributed by atoms with Crippen LogP contribution < -0.4 is 0 Å². The van der Waals surface area contributed by atoms with Gasteiger partial charge in [0.2, 0.25) is 0 Å². The molecule has 2 aliphatic rings. The van der Waals surface area contributed by atoms with Crippen LogP contribution in [-0.4, -0.2) is 0 Å². The zero-order valence-electron chi connectivity index (χ0n) is 14.3. The highest BCUT2D eigenvalue weighted by atomic mass is 14.5. The molecule has 2 fully saturated rings. The van der Waals surface area contributed by atoms with Crippen LogP contribution in [0.4, 0.5) is 0 Å². The van der Waals surface area contributed by atoms with Crippen molar-refractivity contribution in [2.45, 2.75) is 86.5 Å². The average molecular weight is 264 g/mol. The first-order chi connectivity index (χ1) is 8.70. The van der Waals surface area contributed by atoms with E-state index in [9.17, 15) is 0 Å². The van der Waals surface area contributed by atoms with Crippen molar-refractivity contribution >= 4 is 0 Å². The van der Waals surface area contributed by atoms with Gasteiger partial charge in [-0.3, -0.25) is 0 Å². The Morgan fingerprint density at radius 2 is 0.842 bits per heavy atom. The fourth-order valence-electron chi connectivity index (χ4n) is 6.56. The number of fused-ring (bicyclic) bond motifs is 2. The molecule has 0 amide bonds. The van der Waals surface area contributed by atoms with Crippen LogP contribution >= 0.6 is 0 Å². The van der Waals surface area contributed by atoms with Gasteiger partial charge in [0.25, 0.3) is 0 Å². The van der Waals surface area contributed by atoms with Gasteiger partial charge in [-0.05, 0) is 79.4 Å². The second-order valence-electron chi connectivity index (χ2n) is 9.51. The molecule has 0 saturated heterocycles. The van der Waals surface area contributed by atoms with Crippen LogP contribution in [-0.2, 0) is 0 Å². The van der Waals surface area contributed by atoms with E-state index < -0.39 is 0 Å². The Labute approximate surface area is 121 Å². The van der Waals surface area contributed by atoms with Gasteiger partial charge in [-0.1, -0.05) is 41.5 Å². The Morgan fingerprint density at radius 3 is 1.11 bits per heavy atom. The molecular formula is C19H36. The van der Waals surface area contributed by atoms with Crippen molar-refractivity contribution in [1.29, 1.82) is 0 Å². The van der Waals surface area contributed by atoms with Gasteiger partial charge in [0.05, 0.1) is 0 Å². The zero-order chi connectivity index (χ0) is 14.3. The average Bonchev–Trinajstić information content (AvgIpc) is 2.08. The van der Waals surface area contributed by atoms with Crippen molar-refractivity contribution in [3.63, 3.8) is 0 Å². The predicted molar refractivity (Wildman–Crippen MR) is 85.2 cm³/mol. The van der Waals surface area contributed by atoms with Crippen LogP contribution in [0.3, 0.4) is 0 Å². The molecule has 0 heterocycles. The van der Waals surface area contributed by atoms with Gasteiger partial charge in [-0.2, -0.15) is 0 Å². The van der Waals surface area contributed by atoms with Crippen LogP contribution in [0.2, 0.25) is 0 Å². The topological polar surface area (TPSA) is 0 Å². The van der Waals surface area contributed by atoms with E-state index in [-0.39, 0.29) is 0 Å². The molecule has 0 aromatic rings. The lowest BCUT2D eigenvalue weighted by Crippen LogP contribution is -2.38. The van der Waals surface area contributed by atoms with E-state index in [2.05, 4.69) is 41.5 Å². The Balaban J connectivity index is 2.26. The van der Waals surface area contributed by atoms with Crippen LogP contribution in [0.15, 0.2) is 0 Å². The van der Waals surface area contributed by atoms with Crippen molar-refractivity contribution in [1.82, 2.24) is 0 Å². The maximum Gasteiger partial charge on any atom is -0.0316 e. The fourth-order valence-corrected chi connectivity index (χ4v) is 6.56. The summed E-state index contributed by atoms with van der Waals surface area (Å²) < 4.78 is 0. The first-order valence-corrected chi connectivity index (χ1v) is 8.70. The molecule has 0 aromatic heterocycles. The molecule has 2 aliphatic carbocycles. The molecular weight excluding hydrogens is 228 g/mol. The Morgan fingerprint density at radius 1 is 0.579 bits per heavy atom. The van der Waals surface area contributed by atoms with Crippen molar-refractivity contribution in [3.05, 3.63) is 0 Å². The maximum atomic E-state index is 2.60. The van der Waals surface area contributed by atoms with E-state index in [0.717, 1.165) is 23.7 Å². The van der Waals surface area contributed by atoms with E-state index in [4.69, 9.17) is 0 Å². The lowest BCUT2D eigenvalue weighted by Gasteiger charge is -2.49. The van der Waals surface area contributed by atoms with Crippen molar-refractivity contribution in [2.75, 3.05) is 0 Å². The quantitative estimate of drug-likeness (QED) is 0.481. The van der Waals surface area contributed by atoms with Crippen LogP contribution in [0.5, 0.6) is 0 Å². The highest BCUT2D eigenvalue weighted by Gasteiger charge is 2.42. The molecule has 0 radical (unpaired) electrons. The summed E-state index contributed by atoms with van der Waals surface area (Å²) in [5, 5.41) is 0.